The lowest BCUT2D eigenvalue weighted by Crippen LogP contribution is -2.14. The molecule has 0 bridgehead atoms. The molecule has 13 heavy (non-hydrogen) atoms. The minimum atomic E-state index is -0.749. The number of aryl methyl sites for hydroxylation is 1. The van der Waals surface area contributed by atoms with Crippen LogP contribution in [0.2, 0.25) is 0 Å². The first kappa shape index (κ1) is 8.29. The van der Waals surface area contributed by atoms with E-state index in [0.717, 1.165) is 12.8 Å². The molecule has 1 aromatic rings. The summed E-state index contributed by atoms with van der Waals surface area (Å²) >= 11 is 0. The topological polar surface area (TPSA) is 55.1 Å². The number of hydrogen-bond donors (Lipinski definition) is 1. The maximum absolute atomic E-state index is 10.9. The highest BCUT2D eigenvalue weighted by molar-refractivity contribution is 5.76. The molecule has 70 valence electrons. The van der Waals surface area contributed by atoms with Crippen molar-refractivity contribution in [2.24, 2.45) is 13.0 Å². The SMILES string of the molecule is Cn1ccc(C(C(=O)O)C2CC2)n1. The summed E-state index contributed by atoms with van der Waals surface area (Å²) in [5.74, 6) is -0.824. The number of carboxylic acids is 1. The highest BCUT2D eigenvalue weighted by Crippen LogP contribution is 2.42. The van der Waals surface area contributed by atoms with Gasteiger partial charge in [-0.3, -0.25) is 9.48 Å². The van der Waals surface area contributed by atoms with Crippen LogP contribution in [0.4, 0.5) is 0 Å². The highest BCUT2D eigenvalue weighted by Gasteiger charge is 2.38. The van der Waals surface area contributed by atoms with Crippen LogP contribution in [0.15, 0.2) is 12.3 Å². The van der Waals surface area contributed by atoms with Crippen molar-refractivity contribution in [3.8, 4) is 0 Å². The van der Waals surface area contributed by atoms with Crippen molar-refractivity contribution in [2.45, 2.75) is 18.8 Å². The highest BCUT2D eigenvalue weighted by atomic mass is 16.4. The van der Waals surface area contributed by atoms with Gasteiger partial charge in [-0.2, -0.15) is 5.10 Å². The summed E-state index contributed by atoms with van der Waals surface area (Å²) < 4.78 is 1.65. The number of carboxylic acid groups (broad SMARTS) is 1. The van der Waals surface area contributed by atoms with E-state index >= 15 is 0 Å². The molecule has 4 nitrogen and oxygen atoms in total. The van der Waals surface area contributed by atoms with Gasteiger partial charge in [0.25, 0.3) is 0 Å². The van der Waals surface area contributed by atoms with Gasteiger partial charge in [-0.15, -0.1) is 0 Å². The molecule has 1 unspecified atom stereocenters. The summed E-state index contributed by atoms with van der Waals surface area (Å²) in [5.41, 5.74) is 0.692. The van der Waals surface area contributed by atoms with E-state index in [2.05, 4.69) is 5.10 Å². The standard InChI is InChI=1S/C9H12N2O2/c1-11-5-4-7(10-11)8(9(12)13)6-2-3-6/h4-6,8H,2-3H2,1H3,(H,12,13). The molecule has 1 aliphatic carbocycles. The molecule has 0 radical (unpaired) electrons. The van der Waals surface area contributed by atoms with Crippen molar-refractivity contribution in [1.29, 1.82) is 0 Å². The maximum Gasteiger partial charge on any atom is 0.312 e. The van der Waals surface area contributed by atoms with Crippen LogP contribution in [0.3, 0.4) is 0 Å². The molecule has 1 saturated carbocycles. The van der Waals surface area contributed by atoms with Crippen LogP contribution >= 0.6 is 0 Å². The Labute approximate surface area is 76.2 Å². The largest absolute Gasteiger partial charge is 0.481 e. The Balaban J connectivity index is 2.24. The molecule has 2 rings (SSSR count). The van der Waals surface area contributed by atoms with E-state index in [9.17, 15) is 4.79 Å². The molecule has 1 heterocycles. The summed E-state index contributed by atoms with van der Waals surface area (Å²) in [7, 11) is 1.80. The third kappa shape index (κ3) is 1.56. The Morgan fingerprint density at radius 2 is 2.46 bits per heavy atom. The van der Waals surface area contributed by atoms with E-state index in [1.165, 1.54) is 0 Å². The number of aromatic nitrogens is 2. The third-order valence-electron chi connectivity index (χ3n) is 2.41. The molecule has 4 heteroatoms. The fraction of sp³-hybridized carbons (Fsp3) is 0.556. The van der Waals surface area contributed by atoms with Gasteiger partial charge in [-0.1, -0.05) is 0 Å². The predicted octanol–water partition coefficient (Wildman–Crippen LogP) is 0.998. The molecule has 0 aromatic carbocycles. The zero-order valence-electron chi connectivity index (χ0n) is 7.47. The molecular weight excluding hydrogens is 168 g/mol. The zero-order valence-corrected chi connectivity index (χ0v) is 7.47. The Morgan fingerprint density at radius 1 is 1.77 bits per heavy atom. The van der Waals surface area contributed by atoms with Crippen molar-refractivity contribution >= 4 is 5.97 Å². The van der Waals surface area contributed by atoms with Gasteiger partial charge < -0.3 is 5.11 Å². The molecule has 1 atom stereocenters. The summed E-state index contributed by atoms with van der Waals surface area (Å²) in [6.07, 6.45) is 3.83. The van der Waals surface area contributed by atoms with E-state index in [0.29, 0.717) is 11.6 Å². The van der Waals surface area contributed by atoms with Crippen molar-refractivity contribution in [1.82, 2.24) is 9.78 Å². The first-order valence-electron chi connectivity index (χ1n) is 4.41. The van der Waals surface area contributed by atoms with E-state index in [-0.39, 0.29) is 5.92 Å². The van der Waals surface area contributed by atoms with Crippen molar-refractivity contribution in [3.63, 3.8) is 0 Å². The average Bonchev–Trinajstić information content (AvgIpc) is 2.76. The Bertz CT molecular complexity index is 328. The van der Waals surface area contributed by atoms with E-state index < -0.39 is 5.97 Å². The van der Waals surface area contributed by atoms with Gasteiger partial charge >= 0.3 is 5.97 Å². The Hall–Kier alpha value is -1.32. The monoisotopic (exact) mass is 180 g/mol. The number of carbonyl (C=O) groups is 1. The minimum absolute atomic E-state index is 0.312. The summed E-state index contributed by atoms with van der Waals surface area (Å²) in [6, 6.07) is 1.79. The third-order valence-corrected chi connectivity index (χ3v) is 2.41. The van der Waals surface area contributed by atoms with Gasteiger partial charge in [0.15, 0.2) is 0 Å². The lowest BCUT2D eigenvalue weighted by Gasteiger charge is -2.06. The summed E-state index contributed by atoms with van der Waals surface area (Å²) in [5, 5.41) is 13.1. The molecule has 0 saturated heterocycles. The second-order valence-electron chi connectivity index (χ2n) is 3.57. The van der Waals surface area contributed by atoms with Crippen LogP contribution in [-0.4, -0.2) is 20.9 Å². The average molecular weight is 180 g/mol. The summed E-state index contributed by atoms with van der Waals surface area (Å²) in [4.78, 5) is 10.9. The van der Waals surface area contributed by atoms with Gasteiger partial charge in [0, 0.05) is 13.2 Å². The fourth-order valence-electron chi connectivity index (χ4n) is 1.60. The van der Waals surface area contributed by atoms with E-state index in [4.69, 9.17) is 5.11 Å². The smallest absolute Gasteiger partial charge is 0.312 e. The first-order chi connectivity index (χ1) is 6.18. The number of hydrogen-bond acceptors (Lipinski definition) is 2. The van der Waals surface area contributed by atoms with Gasteiger partial charge in [0.05, 0.1) is 5.69 Å². The van der Waals surface area contributed by atoms with E-state index in [1.54, 1.807) is 24.0 Å². The lowest BCUT2D eigenvalue weighted by atomic mass is 10.0. The number of aliphatic carboxylic acids is 1. The zero-order chi connectivity index (χ0) is 9.42. The lowest BCUT2D eigenvalue weighted by molar-refractivity contribution is -0.139. The molecule has 1 fully saturated rings. The van der Waals surface area contributed by atoms with Gasteiger partial charge in [0.2, 0.25) is 0 Å². The summed E-state index contributed by atoms with van der Waals surface area (Å²) in [6.45, 7) is 0. The molecular formula is C9H12N2O2. The van der Waals surface area contributed by atoms with Crippen LogP contribution in [-0.2, 0) is 11.8 Å². The molecule has 0 amide bonds. The molecule has 1 N–H and O–H groups in total. The second-order valence-corrected chi connectivity index (χ2v) is 3.57. The van der Waals surface area contributed by atoms with Gasteiger partial charge in [-0.25, -0.2) is 0 Å². The van der Waals surface area contributed by atoms with Crippen LogP contribution < -0.4 is 0 Å². The van der Waals surface area contributed by atoms with Crippen LogP contribution in [0.25, 0.3) is 0 Å². The minimum Gasteiger partial charge on any atom is -0.481 e. The fourth-order valence-corrected chi connectivity index (χ4v) is 1.60. The maximum atomic E-state index is 10.9. The van der Waals surface area contributed by atoms with Crippen molar-refractivity contribution in [2.75, 3.05) is 0 Å². The Kier molecular flexibility index (Phi) is 1.83. The second kappa shape index (κ2) is 2.87. The van der Waals surface area contributed by atoms with Crippen LogP contribution in [0, 0.1) is 5.92 Å². The Morgan fingerprint density at radius 3 is 2.85 bits per heavy atom. The normalized spacial score (nSPS) is 18.5. The van der Waals surface area contributed by atoms with E-state index in [1.807, 2.05) is 0 Å². The van der Waals surface area contributed by atoms with Crippen molar-refractivity contribution in [3.05, 3.63) is 18.0 Å². The quantitative estimate of drug-likeness (QED) is 0.754. The van der Waals surface area contributed by atoms with Gasteiger partial charge in [0.1, 0.15) is 5.92 Å². The van der Waals surface area contributed by atoms with Crippen LogP contribution in [0.1, 0.15) is 24.5 Å². The molecule has 0 spiro atoms. The number of nitrogens with zero attached hydrogens (tertiary/aromatic N) is 2. The first-order valence-corrected chi connectivity index (χ1v) is 4.41. The molecule has 0 aliphatic heterocycles. The predicted molar refractivity (Wildman–Crippen MR) is 46.3 cm³/mol. The number of rotatable bonds is 3. The molecule has 1 aliphatic rings. The van der Waals surface area contributed by atoms with Crippen LogP contribution in [0.5, 0.6) is 0 Å². The van der Waals surface area contributed by atoms with Gasteiger partial charge in [-0.05, 0) is 24.8 Å². The van der Waals surface area contributed by atoms with Crippen molar-refractivity contribution < 1.29 is 9.90 Å². The molecule has 1 aromatic heterocycles.